The number of hydrogen-bond donors (Lipinski definition) is 1. The molecule has 1 heterocycles. The Kier molecular flexibility index (Phi) is 3.54. The van der Waals surface area contributed by atoms with Crippen LogP contribution in [0.4, 0.5) is 17.6 Å². The standard InChI is InChI=1S/C9H7F4NO3/c1-4-5(8(15)16)2-6(10)7(14-4)17-3-9(11,12)13/h2H,3H2,1H3,(H,15,16). The molecule has 1 rings (SSSR count). The number of alkyl halides is 3. The van der Waals surface area contributed by atoms with Gasteiger partial charge in [-0.15, -0.1) is 0 Å². The van der Waals surface area contributed by atoms with Crippen LogP contribution < -0.4 is 4.74 Å². The topological polar surface area (TPSA) is 59.4 Å². The van der Waals surface area contributed by atoms with Crippen LogP contribution in [0.2, 0.25) is 0 Å². The van der Waals surface area contributed by atoms with Gasteiger partial charge in [0.15, 0.2) is 12.4 Å². The highest BCUT2D eigenvalue weighted by Crippen LogP contribution is 2.21. The molecule has 0 saturated heterocycles. The molecule has 0 amide bonds. The Morgan fingerprint density at radius 3 is 2.59 bits per heavy atom. The number of halogens is 4. The third-order valence-electron chi connectivity index (χ3n) is 1.74. The third kappa shape index (κ3) is 3.58. The Morgan fingerprint density at radius 2 is 2.12 bits per heavy atom. The minimum absolute atomic E-state index is 0.129. The molecule has 4 nitrogen and oxygen atoms in total. The number of rotatable bonds is 3. The number of aromatic carboxylic acids is 1. The lowest BCUT2D eigenvalue weighted by Gasteiger charge is -2.10. The molecule has 0 aliphatic rings. The van der Waals surface area contributed by atoms with E-state index in [9.17, 15) is 22.4 Å². The fraction of sp³-hybridized carbons (Fsp3) is 0.333. The van der Waals surface area contributed by atoms with Gasteiger partial charge in [0.1, 0.15) is 0 Å². The van der Waals surface area contributed by atoms with Crippen molar-refractivity contribution in [2.45, 2.75) is 13.1 Å². The zero-order valence-electron chi connectivity index (χ0n) is 8.51. The summed E-state index contributed by atoms with van der Waals surface area (Å²) >= 11 is 0. The second-order valence-electron chi connectivity index (χ2n) is 3.12. The van der Waals surface area contributed by atoms with Crippen LogP contribution in [0.25, 0.3) is 0 Å². The Balaban J connectivity index is 2.96. The first-order chi connectivity index (χ1) is 7.70. The average Bonchev–Trinajstić information content (AvgIpc) is 2.17. The lowest BCUT2D eigenvalue weighted by molar-refractivity contribution is -0.154. The predicted octanol–water partition coefficient (Wildman–Crippen LogP) is 2.17. The fourth-order valence-electron chi connectivity index (χ4n) is 1.03. The molecule has 1 aromatic heterocycles. The Hall–Kier alpha value is -1.86. The van der Waals surface area contributed by atoms with E-state index in [1.165, 1.54) is 6.92 Å². The van der Waals surface area contributed by atoms with Crippen molar-refractivity contribution in [3.05, 3.63) is 23.1 Å². The van der Waals surface area contributed by atoms with Crippen LogP contribution in [0.3, 0.4) is 0 Å². The summed E-state index contributed by atoms with van der Waals surface area (Å²) in [7, 11) is 0. The summed E-state index contributed by atoms with van der Waals surface area (Å²) in [5, 5.41) is 8.61. The van der Waals surface area contributed by atoms with Gasteiger partial charge in [0, 0.05) is 0 Å². The maximum atomic E-state index is 13.1. The third-order valence-corrected chi connectivity index (χ3v) is 1.74. The van der Waals surface area contributed by atoms with E-state index >= 15 is 0 Å². The lowest BCUT2D eigenvalue weighted by Crippen LogP contribution is -2.20. The van der Waals surface area contributed by atoms with E-state index in [2.05, 4.69) is 9.72 Å². The van der Waals surface area contributed by atoms with Gasteiger partial charge in [0.2, 0.25) is 0 Å². The first kappa shape index (κ1) is 13.2. The molecule has 0 aliphatic carbocycles. The summed E-state index contributed by atoms with van der Waals surface area (Å²) in [6, 6.07) is 0.566. The number of carbonyl (C=O) groups is 1. The van der Waals surface area contributed by atoms with Crippen molar-refractivity contribution in [1.29, 1.82) is 0 Å². The van der Waals surface area contributed by atoms with Crippen LogP contribution in [-0.4, -0.2) is 28.8 Å². The SMILES string of the molecule is Cc1nc(OCC(F)(F)F)c(F)cc1C(=O)O. The molecule has 0 saturated carbocycles. The van der Waals surface area contributed by atoms with E-state index in [4.69, 9.17) is 5.11 Å². The van der Waals surface area contributed by atoms with Gasteiger partial charge < -0.3 is 9.84 Å². The maximum absolute atomic E-state index is 13.1. The smallest absolute Gasteiger partial charge is 0.422 e. The molecule has 0 aromatic carbocycles. The first-order valence-electron chi connectivity index (χ1n) is 4.30. The number of nitrogens with zero attached hydrogens (tertiary/aromatic N) is 1. The average molecular weight is 253 g/mol. The highest BCUT2D eigenvalue weighted by atomic mass is 19.4. The minimum atomic E-state index is -4.62. The Bertz CT molecular complexity index is 445. The Morgan fingerprint density at radius 1 is 1.53 bits per heavy atom. The van der Waals surface area contributed by atoms with Gasteiger partial charge in [-0.2, -0.15) is 13.2 Å². The summed E-state index contributed by atoms with van der Waals surface area (Å²) in [6.07, 6.45) is -4.62. The lowest BCUT2D eigenvalue weighted by atomic mass is 10.2. The van der Waals surface area contributed by atoms with E-state index in [0.717, 1.165) is 0 Å². The molecular formula is C9H7F4NO3. The largest absolute Gasteiger partial charge is 0.478 e. The van der Waals surface area contributed by atoms with Crippen molar-refractivity contribution in [1.82, 2.24) is 4.98 Å². The van der Waals surface area contributed by atoms with Gasteiger partial charge in [0.25, 0.3) is 5.88 Å². The summed E-state index contributed by atoms with van der Waals surface area (Å²) in [6.45, 7) is -0.466. The fourth-order valence-corrected chi connectivity index (χ4v) is 1.03. The molecule has 1 N–H and O–H groups in total. The maximum Gasteiger partial charge on any atom is 0.422 e. The van der Waals surface area contributed by atoms with Crippen LogP contribution in [0.1, 0.15) is 16.1 Å². The normalized spacial score (nSPS) is 11.4. The van der Waals surface area contributed by atoms with Crippen LogP contribution in [0, 0.1) is 12.7 Å². The monoisotopic (exact) mass is 253 g/mol. The molecule has 0 unspecified atom stereocenters. The second kappa shape index (κ2) is 4.56. The van der Waals surface area contributed by atoms with Crippen LogP contribution in [-0.2, 0) is 0 Å². The zero-order chi connectivity index (χ0) is 13.2. The molecule has 0 fully saturated rings. The summed E-state index contributed by atoms with van der Waals surface area (Å²) in [4.78, 5) is 13.9. The van der Waals surface area contributed by atoms with E-state index < -0.39 is 36.0 Å². The van der Waals surface area contributed by atoms with Crippen molar-refractivity contribution in [3.8, 4) is 5.88 Å². The van der Waals surface area contributed by atoms with Crippen LogP contribution >= 0.6 is 0 Å². The first-order valence-corrected chi connectivity index (χ1v) is 4.30. The van der Waals surface area contributed by atoms with Crippen LogP contribution in [0.5, 0.6) is 5.88 Å². The number of carboxylic acids is 1. The number of carboxylic acid groups (broad SMARTS) is 1. The molecule has 0 spiro atoms. The van der Waals surface area contributed by atoms with Gasteiger partial charge >= 0.3 is 12.1 Å². The van der Waals surface area contributed by atoms with Gasteiger partial charge in [-0.05, 0) is 13.0 Å². The molecule has 0 aliphatic heterocycles. The summed E-state index contributed by atoms with van der Waals surface area (Å²) < 4.78 is 52.7. The van der Waals surface area contributed by atoms with E-state index in [-0.39, 0.29) is 5.69 Å². The number of ether oxygens (including phenoxy) is 1. The molecule has 0 bridgehead atoms. The molecule has 0 radical (unpaired) electrons. The highest BCUT2D eigenvalue weighted by Gasteiger charge is 2.29. The quantitative estimate of drug-likeness (QED) is 0.838. The molecule has 17 heavy (non-hydrogen) atoms. The Labute approximate surface area is 92.8 Å². The highest BCUT2D eigenvalue weighted by molar-refractivity contribution is 5.88. The predicted molar refractivity (Wildman–Crippen MR) is 47.4 cm³/mol. The summed E-state index contributed by atoms with van der Waals surface area (Å²) in [5.74, 6) is -3.54. The second-order valence-corrected chi connectivity index (χ2v) is 3.12. The van der Waals surface area contributed by atoms with E-state index in [1.807, 2.05) is 0 Å². The van der Waals surface area contributed by atoms with Gasteiger partial charge in [-0.1, -0.05) is 0 Å². The molecule has 1 aromatic rings. The molecule has 8 heteroatoms. The van der Waals surface area contributed by atoms with Crippen molar-refractivity contribution in [2.24, 2.45) is 0 Å². The van der Waals surface area contributed by atoms with E-state index in [0.29, 0.717) is 6.07 Å². The number of hydrogen-bond acceptors (Lipinski definition) is 3. The number of aromatic nitrogens is 1. The van der Waals surface area contributed by atoms with Gasteiger partial charge in [-0.25, -0.2) is 14.2 Å². The molecular weight excluding hydrogens is 246 g/mol. The van der Waals surface area contributed by atoms with Gasteiger partial charge in [-0.3, -0.25) is 0 Å². The number of pyridine rings is 1. The van der Waals surface area contributed by atoms with Crippen molar-refractivity contribution in [2.75, 3.05) is 6.61 Å². The van der Waals surface area contributed by atoms with Crippen molar-refractivity contribution in [3.63, 3.8) is 0 Å². The number of aryl methyl sites for hydroxylation is 1. The zero-order valence-corrected chi connectivity index (χ0v) is 8.51. The van der Waals surface area contributed by atoms with Crippen molar-refractivity contribution >= 4 is 5.97 Å². The van der Waals surface area contributed by atoms with Crippen LogP contribution in [0.15, 0.2) is 6.07 Å². The molecule has 0 atom stereocenters. The van der Waals surface area contributed by atoms with E-state index in [1.54, 1.807) is 0 Å². The van der Waals surface area contributed by atoms with Crippen molar-refractivity contribution < 1.29 is 32.2 Å². The minimum Gasteiger partial charge on any atom is -0.478 e. The summed E-state index contributed by atoms with van der Waals surface area (Å²) in [5.41, 5.74) is -0.557. The van der Waals surface area contributed by atoms with Gasteiger partial charge in [0.05, 0.1) is 11.3 Å². The molecule has 94 valence electrons.